The van der Waals surface area contributed by atoms with Gasteiger partial charge in [0, 0.05) is 6.61 Å². The van der Waals surface area contributed by atoms with E-state index in [1.165, 1.54) is 48.9 Å². The molecule has 0 saturated heterocycles. The van der Waals surface area contributed by atoms with E-state index in [1.54, 1.807) is 0 Å². The molecule has 0 amide bonds. The number of benzene rings is 2. The summed E-state index contributed by atoms with van der Waals surface area (Å²) < 4.78 is 12.9. The van der Waals surface area contributed by atoms with E-state index in [1.807, 2.05) is 0 Å². The van der Waals surface area contributed by atoms with E-state index in [-0.39, 0.29) is 11.1 Å². The van der Waals surface area contributed by atoms with Crippen LogP contribution in [-0.2, 0) is 9.16 Å². The smallest absolute Gasteiger partial charge is 0.261 e. The molecule has 0 aliphatic carbocycles. The van der Waals surface area contributed by atoms with Crippen LogP contribution in [0.25, 0.3) is 0 Å². The lowest BCUT2D eigenvalue weighted by molar-refractivity contribution is 0.0935. The fourth-order valence-corrected chi connectivity index (χ4v) is 9.42. The summed E-state index contributed by atoms with van der Waals surface area (Å²) in [6.07, 6.45) is 9.16. The molecular formula is C30H49NO2Si. The van der Waals surface area contributed by atoms with Crippen LogP contribution in [0.2, 0.25) is 5.04 Å². The first-order chi connectivity index (χ1) is 16.3. The third-order valence-corrected chi connectivity index (χ3v) is 11.8. The largest absolute Gasteiger partial charge is 0.406 e. The Hall–Kier alpha value is -1.46. The van der Waals surface area contributed by atoms with Gasteiger partial charge in [-0.1, -0.05) is 134 Å². The third-order valence-electron chi connectivity index (χ3n) is 6.82. The van der Waals surface area contributed by atoms with Gasteiger partial charge in [-0.25, -0.2) is 0 Å². The van der Waals surface area contributed by atoms with E-state index in [9.17, 15) is 0 Å². The standard InChI is InChI=1S/C30H49NO2Si/c1-6-7-8-9-12-17-26(2)22-23-32-24-27(31)25-33-34(30(3,4)5,28-18-13-10-14-19-28)29-20-15-11-16-21-29/h10-11,13-16,18-21,26-27H,6-9,12,17,22-25,31H2,1-5H3/t26-,27-/m1/s1. The lowest BCUT2D eigenvalue weighted by Crippen LogP contribution is -2.67. The normalized spacial score (nSPS) is 14.2. The monoisotopic (exact) mass is 483 g/mol. The van der Waals surface area contributed by atoms with Gasteiger partial charge in [0.25, 0.3) is 8.32 Å². The molecule has 0 aliphatic rings. The van der Waals surface area contributed by atoms with Crippen LogP contribution in [-0.4, -0.2) is 34.2 Å². The Labute approximate surface area is 210 Å². The SMILES string of the molecule is CCCCCCC[C@@H](C)CCOC[C@@H](N)CO[Si](c1ccccc1)(c1ccccc1)C(C)(C)C. The van der Waals surface area contributed by atoms with Gasteiger partial charge in [-0.15, -0.1) is 0 Å². The van der Waals surface area contributed by atoms with Crippen molar-refractivity contribution < 1.29 is 9.16 Å². The molecule has 2 rings (SSSR count). The summed E-state index contributed by atoms with van der Waals surface area (Å²) in [5.41, 5.74) is 6.50. The highest BCUT2D eigenvalue weighted by Crippen LogP contribution is 2.36. The predicted octanol–water partition coefficient (Wildman–Crippen LogP) is 6.29. The second-order valence-corrected chi connectivity index (χ2v) is 15.2. The zero-order valence-electron chi connectivity index (χ0n) is 22.4. The van der Waals surface area contributed by atoms with E-state index < -0.39 is 8.32 Å². The van der Waals surface area contributed by atoms with E-state index in [2.05, 4.69) is 95.3 Å². The molecule has 0 aliphatic heterocycles. The molecule has 2 N–H and O–H groups in total. The minimum atomic E-state index is -2.54. The summed E-state index contributed by atoms with van der Waals surface area (Å²) in [6, 6.07) is 21.3. The van der Waals surface area contributed by atoms with Crippen LogP contribution in [0.15, 0.2) is 60.7 Å². The third kappa shape index (κ3) is 8.64. The predicted molar refractivity (Wildman–Crippen MR) is 150 cm³/mol. The van der Waals surface area contributed by atoms with Gasteiger partial charge in [0.15, 0.2) is 0 Å². The lowest BCUT2D eigenvalue weighted by atomic mass is 9.99. The summed E-state index contributed by atoms with van der Waals surface area (Å²) in [5, 5.41) is 2.53. The highest BCUT2D eigenvalue weighted by Gasteiger charge is 2.50. The Morgan fingerprint density at radius 1 is 0.794 bits per heavy atom. The number of unbranched alkanes of at least 4 members (excludes halogenated alkanes) is 4. The second kappa shape index (κ2) is 14.8. The number of ether oxygens (including phenoxy) is 1. The van der Waals surface area contributed by atoms with E-state index in [0.717, 1.165) is 13.0 Å². The number of hydrogen-bond acceptors (Lipinski definition) is 3. The van der Waals surface area contributed by atoms with Crippen LogP contribution in [0.5, 0.6) is 0 Å². The Morgan fingerprint density at radius 2 is 1.35 bits per heavy atom. The van der Waals surface area contributed by atoms with Gasteiger partial charge < -0.3 is 14.9 Å². The summed E-state index contributed by atoms with van der Waals surface area (Å²) in [7, 11) is -2.54. The Balaban J connectivity index is 1.92. The van der Waals surface area contributed by atoms with Crippen molar-refractivity contribution in [3.8, 4) is 0 Å². The van der Waals surface area contributed by atoms with E-state index in [0.29, 0.717) is 19.1 Å². The van der Waals surface area contributed by atoms with Gasteiger partial charge in [0.1, 0.15) is 0 Å². The fraction of sp³-hybridized carbons (Fsp3) is 0.600. The van der Waals surface area contributed by atoms with Gasteiger partial charge in [-0.3, -0.25) is 0 Å². The number of hydrogen-bond donors (Lipinski definition) is 1. The van der Waals surface area contributed by atoms with Crippen LogP contribution in [0, 0.1) is 5.92 Å². The highest BCUT2D eigenvalue weighted by atomic mass is 28.4. The maximum Gasteiger partial charge on any atom is 0.261 e. The molecule has 3 nitrogen and oxygen atoms in total. The minimum absolute atomic E-state index is 0.0388. The molecule has 190 valence electrons. The topological polar surface area (TPSA) is 44.5 Å². The van der Waals surface area contributed by atoms with Crippen molar-refractivity contribution in [1.82, 2.24) is 0 Å². The Kier molecular flexibility index (Phi) is 12.5. The highest BCUT2D eigenvalue weighted by molar-refractivity contribution is 6.99. The van der Waals surface area contributed by atoms with Crippen molar-refractivity contribution in [3.63, 3.8) is 0 Å². The van der Waals surface area contributed by atoms with Crippen molar-refractivity contribution >= 4 is 18.7 Å². The molecule has 4 heteroatoms. The molecule has 0 fully saturated rings. The summed E-state index contributed by atoms with van der Waals surface area (Å²) in [4.78, 5) is 0. The maximum absolute atomic E-state index is 6.93. The molecule has 2 aromatic carbocycles. The van der Waals surface area contributed by atoms with Crippen LogP contribution in [0.4, 0.5) is 0 Å². The molecule has 2 aromatic rings. The molecule has 0 saturated carbocycles. The van der Waals surface area contributed by atoms with Gasteiger partial charge in [-0.05, 0) is 27.8 Å². The Morgan fingerprint density at radius 3 is 1.88 bits per heavy atom. The van der Waals surface area contributed by atoms with Crippen LogP contribution in [0.1, 0.15) is 79.6 Å². The molecule has 2 atom stereocenters. The molecule has 0 spiro atoms. The van der Waals surface area contributed by atoms with Crippen LogP contribution < -0.4 is 16.1 Å². The van der Waals surface area contributed by atoms with Gasteiger partial charge in [0.2, 0.25) is 0 Å². The molecule has 0 aromatic heterocycles. The van der Waals surface area contributed by atoms with Crippen molar-refractivity contribution in [1.29, 1.82) is 0 Å². The van der Waals surface area contributed by atoms with E-state index in [4.69, 9.17) is 14.9 Å². The average molecular weight is 484 g/mol. The summed E-state index contributed by atoms with van der Waals surface area (Å²) >= 11 is 0. The second-order valence-electron chi connectivity index (χ2n) is 10.9. The number of rotatable bonds is 16. The van der Waals surface area contributed by atoms with Gasteiger partial charge in [-0.2, -0.15) is 0 Å². The Bertz CT molecular complexity index is 736. The van der Waals surface area contributed by atoms with Crippen molar-refractivity contribution in [2.75, 3.05) is 19.8 Å². The first-order valence-corrected chi connectivity index (χ1v) is 15.3. The number of nitrogens with two attached hydrogens (primary N) is 1. The average Bonchev–Trinajstić information content (AvgIpc) is 2.82. The molecular weight excluding hydrogens is 434 g/mol. The van der Waals surface area contributed by atoms with Crippen molar-refractivity contribution in [3.05, 3.63) is 60.7 Å². The molecule has 0 radical (unpaired) electrons. The lowest BCUT2D eigenvalue weighted by Gasteiger charge is -2.43. The van der Waals surface area contributed by atoms with Crippen molar-refractivity contribution in [2.45, 2.75) is 90.6 Å². The molecule has 0 bridgehead atoms. The fourth-order valence-electron chi connectivity index (χ4n) is 4.80. The van der Waals surface area contributed by atoms with Gasteiger partial charge in [0.05, 0.1) is 19.3 Å². The maximum atomic E-state index is 6.93. The van der Waals surface area contributed by atoms with Gasteiger partial charge >= 0.3 is 0 Å². The quantitative estimate of drug-likeness (QED) is 0.225. The molecule has 0 unspecified atom stereocenters. The zero-order chi connectivity index (χ0) is 24.9. The molecule has 0 heterocycles. The minimum Gasteiger partial charge on any atom is -0.406 e. The first kappa shape index (κ1) is 28.8. The van der Waals surface area contributed by atoms with Crippen molar-refractivity contribution in [2.24, 2.45) is 11.7 Å². The zero-order valence-corrected chi connectivity index (χ0v) is 23.4. The first-order valence-electron chi connectivity index (χ1n) is 13.4. The summed E-state index contributed by atoms with van der Waals surface area (Å²) in [5.74, 6) is 0.714. The van der Waals surface area contributed by atoms with Crippen LogP contribution in [0.3, 0.4) is 0 Å². The molecule has 34 heavy (non-hydrogen) atoms. The summed E-state index contributed by atoms with van der Waals surface area (Å²) in [6.45, 7) is 13.3. The van der Waals surface area contributed by atoms with E-state index >= 15 is 0 Å². The van der Waals surface area contributed by atoms with Crippen LogP contribution >= 0.6 is 0 Å².